The molecule has 6 N–H and O–H groups in total. The predicted molar refractivity (Wildman–Crippen MR) is 114 cm³/mol. The van der Waals surface area contributed by atoms with Gasteiger partial charge in [-0.3, -0.25) is 18.7 Å². The van der Waals surface area contributed by atoms with E-state index in [0.717, 1.165) is 14.2 Å². The van der Waals surface area contributed by atoms with Crippen molar-refractivity contribution in [1.82, 2.24) is 10.6 Å². The quantitative estimate of drug-likeness (QED) is 0.122. The number of hydrogen-bond donors (Lipinski definition) is 6. The van der Waals surface area contributed by atoms with Gasteiger partial charge in [0.2, 0.25) is 11.8 Å². The van der Waals surface area contributed by atoms with Crippen molar-refractivity contribution in [2.24, 2.45) is 0 Å². The van der Waals surface area contributed by atoms with E-state index >= 15 is 0 Å². The van der Waals surface area contributed by atoms with E-state index in [0.29, 0.717) is 12.8 Å². The highest BCUT2D eigenvalue weighted by atomic mass is 32.2. The lowest BCUT2D eigenvalue weighted by Gasteiger charge is -2.14. The molecule has 0 radical (unpaired) electrons. The van der Waals surface area contributed by atoms with E-state index in [1.807, 2.05) is 5.32 Å². The molecule has 0 aliphatic rings. The number of aliphatic hydroxyl groups is 1. The zero-order chi connectivity index (χ0) is 26.8. The molecule has 0 fully saturated rings. The fourth-order valence-electron chi connectivity index (χ4n) is 1.89. The highest BCUT2D eigenvalue weighted by Gasteiger charge is 2.27. The molecule has 0 rings (SSSR count). The molecule has 0 bridgehead atoms. The minimum Gasteiger partial charge on any atom is -0.480 e. The van der Waals surface area contributed by atoms with Crippen molar-refractivity contribution in [2.45, 2.75) is 51.6 Å². The number of nitrogens with one attached hydrogen (secondary N) is 2. The number of carbonyl (C=O) groups is 4. The Balaban J connectivity index is -0.000000508. The second-order valence-corrected chi connectivity index (χ2v) is 9.09. The molecule has 2 amide bonds. The second kappa shape index (κ2) is 18.1. The first kappa shape index (κ1) is 35.3. The molecular weight excluding hydrogens is 492 g/mol. The Morgan fingerprint density at radius 3 is 1.39 bits per heavy atom. The summed E-state index contributed by atoms with van der Waals surface area (Å²) in [5.41, 5.74) is 0. The molecule has 0 saturated heterocycles. The average Bonchev–Trinajstić information content (AvgIpc) is 2.66. The molecule has 0 aromatic rings. The molecule has 0 heterocycles. The van der Waals surface area contributed by atoms with E-state index in [4.69, 9.17) is 19.3 Å². The van der Waals surface area contributed by atoms with Gasteiger partial charge in [0.1, 0.15) is 23.6 Å². The number of methoxy groups -OCH3 is 1. The molecule has 17 heteroatoms. The molecule has 0 aromatic heterocycles. The van der Waals surface area contributed by atoms with Gasteiger partial charge in [0, 0.05) is 20.0 Å². The van der Waals surface area contributed by atoms with Crippen LogP contribution in [-0.2, 0) is 44.2 Å². The Morgan fingerprint density at radius 2 is 1.12 bits per heavy atom. The summed E-state index contributed by atoms with van der Waals surface area (Å²) < 4.78 is 63.4. The number of esters is 1. The van der Waals surface area contributed by atoms with Crippen molar-refractivity contribution in [3.05, 3.63) is 0 Å². The minimum atomic E-state index is -4.42. The van der Waals surface area contributed by atoms with E-state index in [1.54, 1.807) is 13.8 Å². The van der Waals surface area contributed by atoms with Crippen LogP contribution in [0.15, 0.2) is 0 Å². The molecular formula is C16H32N2O13S2. The zero-order valence-electron chi connectivity index (χ0n) is 18.7. The van der Waals surface area contributed by atoms with Gasteiger partial charge in [-0.05, 0) is 12.8 Å². The Kier molecular flexibility index (Phi) is 19.4. The van der Waals surface area contributed by atoms with Crippen molar-refractivity contribution >= 4 is 44.0 Å². The van der Waals surface area contributed by atoms with Crippen LogP contribution in [0.5, 0.6) is 0 Å². The molecule has 2 atom stereocenters. The van der Waals surface area contributed by atoms with E-state index in [-0.39, 0.29) is 12.8 Å². The summed E-state index contributed by atoms with van der Waals surface area (Å²) in [6.45, 7) is 3.48. The number of rotatable bonds is 12. The van der Waals surface area contributed by atoms with Crippen LogP contribution < -0.4 is 10.6 Å². The summed E-state index contributed by atoms with van der Waals surface area (Å²) in [7, 11) is -6.72. The Bertz CT molecular complexity index is 825. The van der Waals surface area contributed by atoms with Crippen LogP contribution >= 0.6 is 0 Å². The van der Waals surface area contributed by atoms with Crippen molar-refractivity contribution in [2.75, 3.05) is 25.7 Å². The molecule has 0 unspecified atom stereocenters. The number of amides is 2. The van der Waals surface area contributed by atoms with Crippen LogP contribution in [0, 0.1) is 0 Å². The molecule has 33 heavy (non-hydrogen) atoms. The molecule has 0 aliphatic heterocycles. The van der Waals surface area contributed by atoms with Crippen molar-refractivity contribution in [3.63, 3.8) is 0 Å². The molecule has 196 valence electrons. The Morgan fingerprint density at radius 1 is 0.788 bits per heavy atom. The van der Waals surface area contributed by atoms with Crippen LogP contribution in [0.2, 0.25) is 0 Å². The second-order valence-electron chi connectivity index (χ2n) is 6.10. The van der Waals surface area contributed by atoms with Crippen LogP contribution in [0.1, 0.15) is 39.5 Å². The fraction of sp³-hybridized carbons (Fsp3) is 0.750. The van der Waals surface area contributed by atoms with Crippen LogP contribution in [0.25, 0.3) is 0 Å². The molecule has 0 saturated carbocycles. The van der Waals surface area contributed by atoms with Gasteiger partial charge >= 0.3 is 11.9 Å². The number of carboxylic acid groups (broad SMARTS) is 1. The largest absolute Gasteiger partial charge is 0.480 e. The molecule has 0 spiro atoms. The highest BCUT2D eigenvalue weighted by molar-refractivity contribution is 7.86. The average molecular weight is 525 g/mol. The first-order valence-corrected chi connectivity index (χ1v) is 12.5. The fourth-order valence-corrected chi connectivity index (χ4v) is 3.18. The lowest BCUT2D eigenvalue weighted by Crippen LogP contribution is -2.45. The van der Waals surface area contributed by atoms with E-state index in [1.165, 1.54) is 0 Å². The number of aliphatic carboxylic acids is 1. The van der Waals surface area contributed by atoms with E-state index < -0.39 is 67.6 Å². The third-order valence-corrected chi connectivity index (χ3v) is 4.67. The van der Waals surface area contributed by atoms with Gasteiger partial charge in [0.05, 0.1) is 7.11 Å². The maximum absolute atomic E-state index is 11.2. The van der Waals surface area contributed by atoms with Gasteiger partial charge in [-0.1, -0.05) is 13.8 Å². The highest BCUT2D eigenvalue weighted by Crippen LogP contribution is 1.97. The van der Waals surface area contributed by atoms with Gasteiger partial charge < -0.3 is 25.6 Å². The Labute approximate surface area is 192 Å². The molecule has 0 aromatic carbocycles. The van der Waals surface area contributed by atoms with Crippen molar-refractivity contribution in [1.29, 1.82) is 0 Å². The third kappa shape index (κ3) is 22.6. The van der Waals surface area contributed by atoms with Crippen LogP contribution in [-0.4, -0.2) is 97.7 Å². The van der Waals surface area contributed by atoms with Gasteiger partial charge in [-0.25, -0.2) is 9.59 Å². The summed E-state index contributed by atoms with van der Waals surface area (Å²) in [5.74, 6) is -5.37. The summed E-state index contributed by atoms with van der Waals surface area (Å²) >= 11 is 0. The minimum absolute atomic E-state index is 0.106. The number of hydrogen-bond acceptors (Lipinski definition) is 10. The predicted octanol–water partition coefficient (Wildman–Crippen LogP) is -1.82. The van der Waals surface area contributed by atoms with Gasteiger partial charge in [-0.15, -0.1) is 0 Å². The summed E-state index contributed by atoms with van der Waals surface area (Å²) in [6, 6.07) is -2.99. The number of ether oxygens (including phenoxy) is 1. The topological polar surface area (TPSA) is 251 Å². The standard InChI is InChI=1S/C8H15NO6S.C7H13NO6S.CH4O/c1-3-4-7(10)9-6(8(11)15-2)5-16(12,13)14;1-2-3-6(9)8-5(7(10)11)4-15(12,13)14;1-2/h6H,3-5H2,1-2H3,(H,9,10)(H,12,13,14);5H,2-4H2,1H3,(H,8,9)(H,10,11)(H,12,13,14);2H,1H3/t6-;5-;/m11./s1. The number of carbonyl (C=O) groups excluding carboxylic acids is 3. The lowest BCUT2D eigenvalue weighted by molar-refractivity contribution is -0.144. The number of aliphatic hydroxyl groups excluding tert-OH is 1. The van der Waals surface area contributed by atoms with Gasteiger partial charge in [-0.2, -0.15) is 16.8 Å². The van der Waals surface area contributed by atoms with E-state index in [9.17, 15) is 36.0 Å². The monoisotopic (exact) mass is 524 g/mol. The van der Waals surface area contributed by atoms with Crippen LogP contribution in [0.4, 0.5) is 0 Å². The smallest absolute Gasteiger partial charge is 0.329 e. The van der Waals surface area contributed by atoms with Gasteiger partial charge in [0.15, 0.2) is 0 Å². The summed E-state index contributed by atoms with van der Waals surface area (Å²) in [4.78, 5) is 43.8. The lowest BCUT2D eigenvalue weighted by atomic mass is 10.3. The third-order valence-electron chi connectivity index (χ3n) is 3.16. The maximum atomic E-state index is 11.2. The molecule has 15 nitrogen and oxygen atoms in total. The number of carboxylic acids is 1. The summed E-state index contributed by atoms with van der Waals surface area (Å²) in [5, 5.41) is 19.7. The maximum Gasteiger partial charge on any atom is 0.329 e. The first-order chi connectivity index (χ1) is 15.1. The van der Waals surface area contributed by atoms with Crippen molar-refractivity contribution in [3.8, 4) is 0 Å². The molecule has 0 aliphatic carbocycles. The Hall–Kier alpha value is -2.34. The van der Waals surface area contributed by atoms with Gasteiger partial charge in [0.25, 0.3) is 20.2 Å². The SMILES string of the molecule is CCCC(=O)N[C@H](CS(=O)(=O)O)C(=O)O.CCCC(=O)N[C@H](CS(=O)(=O)O)C(=O)OC.CO. The zero-order valence-corrected chi connectivity index (χ0v) is 20.3. The summed E-state index contributed by atoms with van der Waals surface area (Å²) in [6.07, 6.45) is 1.35. The normalized spacial score (nSPS) is 12.5. The first-order valence-electron chi connectivity index (χ1n) is 9.30. The van der Waals surface area contributed by atoms with Crippen LogP contribution in [0.3, 0.4) is 0 Å². The van der Waals surface area contributed by atoms with Crippen molar-refractivity contribution < 1.29 is 60.1 Å². The van der Waals surface area contributed by atoms with E-state index in [2.05, 4.69) is 10.1 Å².